The van der Waals surface area contributed by atoms with Gasteiger partial charge in [0, 0.05) is 5.56 Å². The molecule has 0 atom stereocenters. The molecule has 6 heteroatoms. The van der Waals surface area contributed by atoms with Crippen molar-refractivity contribution in [2.24, 2.45) is 0 Å². The second-order valence-electron chi connectivity index (χ2n) is 4.82. The van der Waals surface area contributed by atoms with E-state index in [0.717, 1.165) is 17.3 Å². The smallest absolute Gasteiger partial charge is 0.360 e. The summed E-state index contributed by atoms with van der Waals surface area (Å²) in [5, 5.41) is 22.6. The molecule has 2 N–H and O–H groups in total. The lowest BCUT2D eigenvalue weighted by atomic mass is 10.0. The lowest BCUT2D eigenvalue weighted by Gasteiger charge is -2.12. The topological polar surface area (TPSA) is 92.4 Å². The molecule has 2 aromatic carbocycles. The van der Waals surface area contributed by atoms with Gasteiger partial charge in [0.15, 0.2) is 5.75 Å². The third-order valence-corrected chi connectivity index (χ3v) is 3.34. The van der Waals surface area contributed by atoms with Gasteiger partial charge < -0.3 is 10.2 Å². The van der Waals surface area contributed by atoms with Crippen molar-refractivity contribution in [2.75, 3.05) is 0 Å². The molecule has 0 unspecified atom stereocenters. The van der Waals surface area contributed by atoms with Crippen LogP contribution in [0.2, 0.25) is 0 Å². The maximum atomic E-state index is 11.6. The summed E-state index contributed by atoms with van der Waals surface area (Å²) in [6.45, 7) is 0. The first kappa shape index (κ1) is 14.5. The zero-order chi connectivity index (χ0) is 16.4. The first-order valence-corrected chi connectivity index (χ1v) is 6.79. The summed E-state index contributed by atoms with van der Waals surface area (Å²) in [7, 11) is 0. The Bertz CT molecular complexity index is 933. The average Bonchev–Trinajstić information content (AvgIpc) is 2.57. The molecule has 1 heterocycles. The van der Waals surface area contributed by atoms with Gasteiger partial charge in [-0.1, -0.05) is 48.5 Å². The van der Waals surface area contributed by atoms with Crippen LogP contribution in [0.1, 0.15) is 10.5 Å². The van der Waals surface area contributed by atoms with Gasteiger partial charge in [-0.15, -0.1) is 0 Å². The van der Waals surface area contributed by atoms with Gasteiger partial charge in [-0.2, -0.15) is 5.10 Å². The van der Waals surface area contributed by atoms with E-state index >= 15 is 0 Å². The number of aromatic carboxylic acids is 1. The Labute approximate surface area is 130 Å². The largest absolute Gasteiger partial charge is 0.503 e. The number of aromatic hydroxyl groups is 1. The number of aromatic nitrogens is 2. The van der Waals surface area contributed by atoms with Crippen LogP contribution in [0.4, 0.5) is 0 Å². The number of benzene rings is 2. The highest BCUT2D eigenvalue weighted by molar-refractivity contribution is 5.85. The normalized spacial score (nSPS) is 10.4. The highest BCUT2D eigenvalue weighted by Gasteiger charge is 2.17. The van der Waals surface area contributed by atoms with Gasteiger partial charge in [0.05, 0.1) is 11.9 Å². The number of hydrogen-bond acceptors (Lipinski definition) is 4. The van der Waals surface area contributed by atoms with Crippen molar-refractivity contribution in [2.45, 2.75) is 0 Å². The molecule has 0 fully saturated rings. The molecule has 0 saturated carbocycles. The summed E-state index contributed by atoms with van der Waals surface area (Å²) in [6, 6.07) is 16.6. The van der Waals surface area contributed by atoms with Gasteiger partial charge >= 0.3 is 5.97 Å². The van der Waals surface area contributed by atoms with Crippen molar-refractivity contribution >= 4 is 5.97 Å². The molecule has 0 amide bonds. The molecular weight excluding hydrogens is 296 g/mol. The molecule has 1 aromatic heterocycles. The van der Waals surface area contributed by atoms with Crippen LogP contribution >= 0.6 is 0 Å². The Morgan fingerprint density at radius 1 is 1.00 bits per heavy atom. The minimum absolute atomic E-state index is 0.552. The average molecular weight is 308 g/mol. The van der Waals surface area contributed by atoms with Crippen molar-refractivity contribution in [3.63, 3.8) is 0 Å². The molecule has 6 nitrogen and oxygen atoms in total. The monoisotopic (exact) mass is 308 g/mol. The van der Waals surface area contributed by atoms with E-state index in [1.165, 1.54) is 4.68 Å². The van der Waals surface area contributed by atoms with Crippen molar-refractivity contribution in [1.82, 2.24) is 9.78 Å². The quantitative estimate of drug-likeness (QED) is 0.774. The molecule has 23 heavy (non-hydrogen) atoms. The van der Waals surface area contributed by atoms with Crippen LogP contribution in [0.3, 0.4) is 0 Å². The number of carbonyl (C=O) groups is 1. The minimum atomic E-state index is -1.49. The molecule has 0 aliphatic carbocycles. The van der Waals surface area contributed by atoms with Crippen LogP contribution in [0.25, 0.3) is 16.8 Å². The van der Waals surface area contributed by atoms with Crippen LogP contribution in [0.15, 0.2) is 65.6 Å². The maximum absolute atomic E-state index is 11.6. The molecule has 0 spiro atoms. The van der Waals surface area contributed by atoms with Gasteiger partial charge in [-0.05, 0) is 11.6 Å². The number of nitrogens with zero attached hydrogens (tertiary/aromatic N) is 2. The molecule has 0 bridgehead atoms. The highest BCUT2D eigenvalue weighted by atomic mass is 16.4. The van der Waals surface area contributed by atoms with Crippen LogP contribution in [0.5, 0.6) is 5.75 Å². The Hall–Kier alpha value is -3.41. The fraction of sp³-hybridized carbons (Fsp3) is 0. The molecule has 0 radical (unpaired) electrons. The highest BCUT2D eigenvalue weighted by Crippen LogP contribution is 2.26. The van der Waals surface area contributed by atoms with Gasteiger partial charge in [0.2, 0.25) is 5.69 Å². The van der Waals surface area contributed by atoms with E-state index in [2.05, 4.69) is 5.10 Å². The summed E-state index contributed by atoms with van der Waals surface area (Å²) >= 11 is 0. The van der Waals surface area contributed by atoms with Crippen molar-refractivity contribution in [3.05, 3.63) is 76.7 Å². The minimum Gasteiger partial charge on any atom is -0.503 e. The second-order valence-corrected chi connectivity index (χ2v) is 4.82. The molecule has 0 aliphatic rings. The number of hydrogen-bond donors (Lipinski definition) is 2. The molecule has 3 aromatic rings. The predicted octanol–water partition coefficient (Wildman–Crippen LogP) is 2.30. The van der Waals surface area contributed by atoms with Crippen LogP contribution in [-0.2, 0) is 0 Å². The van der Waals surface area contributed by atoms with E-state index in [-0.39, 0.29) is 0 Å². The number of carboxylic acids is 1. The van der Waals surface area contributed by atoms with E-state index in [4.69, 9.17) is 5.11 Å². The van der Waals surface area contributed by atoms with E-state index in [1.54, 1.807) is 12.1 Å². The Morgan fingerprint density at radius 2 is 1.65 bits per heavy atom. The van der Waals surface area contributed by atoms with Crippen LogP contribution in [0, 0.1) is 0 Å². The molecule has 3 rings (SSSR count). The van der Waals surface area contributed by atoms with Gasteiger partial charge in [-0.25, -0.2) is 9.48 Å². The van der Waals surface area contributed by atoms with Gasteiger partial charge in [0.1, 0.15) is 0 Å². The van der Waals surface area contributed by atoms with Crippen molar-refractivity contribution in [3.8, 4) is 22.6 Å². The summed E-state index contributed by atoms with van der Waals surface area (Å²) in [5.41, 5.74) is 0.509. The molecule has 114 valence electrons. The SMILES string of the molecule is O=C(O)c1nn(-c2ccccc2-c2ccccc2)cc(O)c1=O. The lowest BCUT2D eigenvalue weighted by Crippen LogP contribution is -2.21. The van der Waals surface area contributed by atoms with Crippen LogP contribution < -0.4 is 5.43 Å². The fourth-order valence-electron chi connectivity index (χ4n) is 2.28. The zero-order valence-electron chi connectivity index (χ0n) is 11.9. The Balaban J connectivity index is 2.25. The third-order valence-electron chi connectivity index (χ3n) is 3.34. The summed E-state index contributed by atoms with van der Waals surface area (Å²) in [4.78, 5) is 22.8. The van der Waals surface area contributed by atoms with E-state index in [9.17, 15) is 14.7 Å². The fourth-order valence-corrected chi connectivity index (χ4v) is 2.28. The number of carboxylic acid groups (broad SMARTS) is 1. The van der Waals surface area contributed by atoms with Gasteiger partial charge in [0.25, 0.3) is 5.43 Å². The Morgan fingerprint density at radius 3 is 2.35 bits per heavy atom. The summed E-state index contributed by atoms with van der Waals surface area (Å²) in [5.74, 6) is -2.16. The van der Waals surface area contributed by atoms with Crippen molar-refractivity contribution in [1.29, 1.82) is 0 Å². The summed E-state index contributed by atoms with van der Waals surface area (Å²) < 4.78 is 1.20. The maximum Gasteiger partial charge on any atom is 0.360 e. The standard InChI is InChI=1S/C17H12N2O4/c20-14-10-19(18-15(16(14)21)17(22)23)13-9-5-4-8-12(13)11-6-2-1-3-7-11/h1-10,20H,(H,22,23). The molecule has 0 aliphatic heterocycles. The first-order valence-electron chi connectivity index (χ1n) is 6.79. The third kappa shape index (κ3) is 2.69. The first-order chi connectivity index (χ1) is 11.1. The predicted molar refractivity (Wildman–Crippen MR) is 83.9 cm³/mol. The second kappa shape index (κ2) is 5.76. The van der Waals surface area contributed by atoms with E-state index in [1.807, 2.05) is 42.5 Å². The Kier molecular flexibility index (Phi) is 3.64. The lowest BCUT2D eigenvalue weighted by molar-refractivity contribution is 0.0686. The summed E-state index contributed by atoms with van der Waals surface area (Å²) in [6.07, 6.45) is 1.11. The van der Waals surface area contributed by atoms with Gasteiger partial charge in [-0.3, -0.25) is 4.79 Å². The van der Waals surface area contributed by atoms with E-state index in [0.29, 0.717) is 5.69 Å². The van der Waals surface area contributed by atoms with E-state index < -0.39 is 22.8 Å². The number of para-hydroxylation sites is 1. The molecular formula is C17H12N2O4. The zero-order valence-corrected chi connectivity index (χ0v) is 11.9. The van der Waals surface area contributed by atoms with Crippen LogP contribution in [-0.4, -0.2) is 26.0 Å². The molecule has 0 saturated heterocycles. The number of rotatable bonds is 3. The van der Waals surface area contributed by atoms with Crippen molar-refractivity contribution < 1.29 is 15.0 Å².